The Morgan fingerprint density at radius 1 is 0.963 bits per heavy atom. The van der Waals surface area contributed by atoms with Crippen molar-refractivity contribution in [2.24, 2.45) is 5.92 Å². The molecule has 0 amide bonds. The lowest BCUT2D eigenvalue weighted by molar-refractivity contribution is 0.308. The Morgan fingerprint density at radius 2 is 1.63 bits per heavy atom. The predicted molar refractivity (Wildman–Crippen MR) is 106 cm³/mol. The Balaban J connectivity index is 1.84. The molecule has 0 bridgehead atoms. The zero-order valence-corrected chi connectivity index (χ0v) is 16.1. The lowest BCUT2D eigenvalue weighted by Crippen LogP contribution is -2.13. The van der Waals surface area contributed by atoms with Crippen molar-refractivity contribution in [2.45, 2.75) is 58.3 Å². The van der Waals surface area contributed by atoms with Crippen LogP contribution in [0.2, 0.25) is 0 Å². The van der Waals surface area contributed by atoms with Crippen LogP contribution in [0.4, 0.5) is 13.2 Å². The number of hydrogen-bond donors (Lipinski definition) is 0. The molecule has 2 aromatic carbocycles. The van der Waals surface area contributed by atoms with E-state index in [1.54, 1.807) is 13.0 Å². The van der Waals surface area contributed by atoms with Crippen molar-refractivity contribution >= 4 is 6.08 Å². The molecular formula is C24H27F3. The van der Waals surface area contributed by atoms with Crippen molar-refractivity contribution in [2.75, 3.05) is 0 Å². The number of hydrogen-bond acceptors (Lipinski definition) is 0. The maximum absolute atomic E-state index is 14.2. The van der Waals surface area contributed by atoms with Gasteiger partial charge in [0, 0.05) is 5.56 Å². The highest BCUT2D eigenvalue weighted by molar-refractivity contribution is 5.76. The van der Waals surface area contributed by atoms with Gasteiger partial charge in [-0.2, -0.15) is 0 Å². The zero-order chi connectivity index (χ0) is 19.4. The van der Waals surface area contributed by atoms with Gasteiger partial charge in [0.15, 0.2) is 17.5 Å². The van der Waals surface area contributed by atoms with Gasteiger partial charge >= 0.3 is 0 Å². The van der Waals surface area contributed by atoms with E-state index in [1.807, 2.05) is 12.1 Å². The van der Waals surface area contributed by atoms with E-state index in [0.717, 1.165) is 12.0 Å². The van der Waals surface area contributed by atoms with Crippen LogP contribution >= 0.6 is 0 Å². The van der Waals surface area contributed by atoms with Crippen molar-refractivity contribution in [3.05, 3.63) is 65.0 Å². The Morgan fingerprint density at radius 3 is 2.22 bits per heavy atom. The summed E-state index contributed by atoms with van der Waals surface area (Å²) < 4.78 is 41.6. The summed E-state index contributed by atoms with van der Waals surface area (Å²) in [4.78, 5) is 0. The molecule has 0 heterocycles. The molecule has 1 fully saturated rings. The molecule has 27 heavy (non-hydrogen) atoms. The van der Waals surface area contributed by atoms with Gasteiger partial charge < -0.3 is 0 Å². The molecule has 0 unspecified atom stereocenters. The average Bonchev–Trinajstić information content (AvgIpc) is 2.69. The fourth-order valence-corrected chi connectivity index (χ4v) is 4.31. The van der Waals surface area contributed by atoms with Crippen LogP contribution in [0, 0.1) is 23.4 Å². The van der Waals surface area contributed by atoms with Crippen molar-refractivity contribution in [3.8, 4) is 11.1 Å². The molecule has 2 aromatic rings. The van der Waals surface area contributed by atoms with E-state index in [0.29, 0.717) is 17.0 Å². The molecular weight excluding hydrogens is 345 g/mol. The van der Waals surface area contributed by atoms with Crippen LogP contribution in [0.5, 0.6) is 0 Å². The van der Waals surface area contributed by atoms with E-state index < -0.39 is 17.5 Å². The summed E-state index contributed by atoms with van der Waals surface area (Å²) in [5, 5.41) is 0. The van der Waals surface area contributed by atoms with Gasteiger partial charge in [-0.15, -0.1) is 0 Å². The summed E-state index contributed by atoms with van der Waals surface area (Å²) in [5.74, 6) is -2.30. The molecule has 0 aliphatic heterocycles. The molecule has 0 spiro atoms. The highest BCUT2D eigenvalue weighted by Gasteiger charge is 2.22. The second kappa shape index (κ2) is 8.77. The summed E-state index contributed by atoms with van der Waals surface area (Å²) in [7, 11) is 0. The number of benzene rings is 2. The number of rotatable bonds is 5. The number of allylic oxidation sites excluding steroid dienone is 1. The SMILES string of the molecule is C/C=C/c1c(-c2ccc(C3CCC(CCC)CC3)cc2)cc(F)c(F)c1F. The smallest absolute Gasteiger partial charge is 0.195 e. The molecule has 0 radical (unpaired) electrons. The van der Waals surface area contributed by atoms with Gasteiger partial charge in [-0.3, -0.25) is 0 Å². The molecule has 1 saturated carbocycles. The first-order valence-electron chi connectivity index (χ1n) is 9.95. The van der Waals surface area contributed by atoms with Crippen LogP contribution in [-0.4, -0.2) is 0 Å². The molecule has 0 atom stereocenters. The average molecular weight is 372 g/mol. The summed E-state index contributed by atoms with van der Waals surface area (Å²) in [6, 6.07) is 8.98. The van der Waals surface area contributed by atoms with Crippen LogP contribution in [0.3, 0.4) is 0 Å². The van der Waals surface area contributed by atoms with E-state index in [2.05, 4.69) is 19.1 Å². The van der Waals surface area contributed by atoms with Gasteiger partial charge in [0.1, 0.15) is 0 Å². The largest absolute Gasteiger partial charge is 0.204 e. The Hall–Kier alpha value is -2.03. The van der Waals surface area contributed by atoms with Crippen molar-refractivity contribution < 1.29 is 13.2 Å². The monoisotopic (exact) mass is 372 g/mol. The second-order valence-electron chi connectivity index (χ2n) is 7.58. The van der Waals surface area contributed by atoms with Gasteiger partial charge in [0.2, 0.25) is 0 Å². The molecule has 144 valence electrons. The molecule has 3 rings (SSSR count). The summed E-state index contributed by atoms with van der Waals surface area (Å²) >= 11 is 0. The van der Waals surface area contributed by atoms with Crippen LogP contribution in [0.15, 0.2) is 36.4 Å². The van der Waals surface area contributed by atoms with Crippen LogP contribution in [-0.2, 0) is 0 Å². The first kappa shape index (κ1) is 19.7. The van der Waals surface area contributed by atoms with Gasteiger partial charge in [0.25, 0.3) is 0 Å². The molecule has 0 nitrogen and oxygen atoms in total. The predicted octanol–water partition coefficient (Wildman–Crippen LogP) is 7.88. The summed E-state index contributed by atoms with van der Waals surface area (Å²) in [5.41, 5.74) is 2.44. The fraction of sp³-hybridized carbons (Fsp3) is 0.417. The Bertz CT molecular complexity index is 797. The maximum Gasteiger partial charge on any atom is 0.195 e. The molecule has 1 aliphatic carbocycles. The zero-order valence-electron chi connectivity index (χ0n) is 16.1. The topological polar surface area (TPSA) is 0 Å². The van der Waals surface area contributed by atoms with Crippen molar-refractivity contribution in [3.63, 3.8) is 0 Å². The molecule has 0 N–H and O–H groups in total. The normalized spacial score (nSPS) is 20.3. The summed E-state index contributed by atoms with van der Waals surface area (Å²) in [6.07, 6.45) is 10.6. The van der Waals surface area contributed by atoms with E-state index in [1.165, 1.54) is 50.2 Å². The summed E-state index contributed by atoms with van der Waals surface area (Å²) in [6.45, 7) is 3.97. The molecule has 0 saturated heterocycles. The minimum Gasteiger partial charge on any atom is -0.204 e. The van der Waals surface area contributed by atoms with Crippen LogP contribution in [0.25, 0.3) is 17.2 Å². The third-order valence-corrected chi connectivity index (χ3v) is 5.77. The molecule has 3 heteroatoms. The van der Waals surface area contributed by atoms with Crippen LogP contribution < -0.4 is 0 Å². The van der Waals surface area contributed by atoms with Gasteiger partial charge in [-0.05, 0) is 67.2 Å². The van der Waals surface area contributed by atoms with Gasteiger partial charge in [0.05, 0.1) is 0 Å². The second-order valence-corrected chi connectivity index (χ2v) is 7.58. The third-order valence-electron chi connectivity index (χ3n) is 5.77. The van der Waals surface area contributed by atoms with Crippen LogP contribution in [0.1, 0.15) is 69.4 Å². The Labute approximate surface area is 160 Å². The van der Waals surface area contributed by atoms with Crippen molar-refractivity contribution in [1.29, 1.82) is 0 Å². The molecule has 0 aromatic heterocycles. The highest BCUT2D eigenvalue weighted by atomic mass is 19.2. The van der Waals surface area contributed by atoms with Crippen molar-refractivity contribution in [1.82, 2.24) is 0 Å². The maximum atomic E-state index is 14.2. The minimum atomic E-state index is -1.42. The first-order valence-corrected chi connectivity index (χ1v) is 9.95. The first-order chi connectivity index (χ1) is 13.0. The quantitative estimate of drug-likeness (QED) is 0.468. The number of halogens is 3. The van der Waals surface area contributed by atoms with Gasteiger partial charge in [-0.25, -0.2) is 13.2 Å². The highest BCUT2D eigenvalue weighted by Crippen LogP contribution is 2.38. The van der Waals surface area contributed by atoms with E-state index in [4.69, 9.17) is 0 Å². The fourth-order valence-electron chi connectivity index (χ4n) is 4.31. The third kappa shape index (κ3) is 4.28. The lowest BCUT2D eigenvalue weighted by Gasteiger charge is -2.28. The van der Waals surface area contributed by atoms with E-state index in [9.17, 15) is 13.2 Å². The Kier molecular flexibility index (Phi) is 6.41. The minimum absolute atomic E-state index is 0.0872. The van der Waals surface area contributed by atoms with E-state index >= 15 is 0 Å². The standard InChI is InChI=1S/C24H27F3/c1-3-5-16-7-9-17(10-8-16)18-11-13-19(14-12-18)21-15-22(25)24(27)23(26)20(21)6-4-2/h4,6,11-17H,3,5,7-10H2,1-2H3/b6-4+. The lowest BCUT2D eigenvalue weighted by atomic mass is 9.77. The van der Waals surface area contributed by atoms with Gasteiger partial charge in [-0.1, -0.05) is 56.2 Å². The molecule has 1 aliphatic rings. The van der Waals surface area contributed by atoms with E-state index in [-0.39, 0.29) is 5.56 Å².